The molecule has 0 saturated heterocycles. The molecule has 3 nitrogen and oxygen atoms in total. The van der Waals surface area contributed by atoms with Gasteiger partial charge in [0.25, 0.3) is 0 Å². The predicted molar refractivity (Wildman–Crippen MR) is 37.7 cm³/mol. The van der Waals surface area contributed by atoms with Gasteiger partial charge in [-0.2, -0.15) is 4.98 Å². The third kappa shape index (κ3) is 0.518. The number of hydrogen-bond acceptors (Lipinski definition) is 2. The molecule has 0 spiro atoms. The highest BCUT2D eigenvalue weighted by molar-refractivity contribution is 5.73. The van der Waals surface area contributed by atoms with Crippen LogP contribution in [0.2, 0.25) is 0 Å². The predicted octanol–water partition coefficient (Wildman–Crippen LogP) is 1.47. The van der Waals surface area contributed by atoms with Crippen LogP contribution >= 0.6 is 0 Å². The van der Waals surface area contributed by atoms with Crippen molar-refractivity contribution in [1.29, 1.82) is 0 Å². The number of fused-ring (bicyclic) bond motifs is 1. The molecule has 0 saturated carbocycles. The number of aryl methyl sites for hydroxylation is 2. The van der Waals surface area contributed by atoms with Crippen molar-refractivity contribution < 1.29 is 4.42 Å². The summed E-state index contributed by atoms with van der Waals surface area (Å²) in [4.78, 5) is 4.04. The van der Waals surface area contributed by atoms with Gasteiger partial charge >= 0.3 is 0 Å². The Hall–Kier alpha value is -1.25. The van der Waals surface area contributed by atoms with E-state index in [2.05, 4.69) is 4.98 Å². The maximum Gasteiger partial charge on any atom is 0.183 e. The molecule has 52 valence electrons. The van der Waals surface area contributed by atoms with E-state index in [9.17, 15) is 0 Å². The summed E-state index contributed by atoms with van der Waals surface area (Å²) >= 11 is 0. The molecule has 0 aliphatic rings. The van der Waals surface area contributed by atoms with E-state index in [1.807, 2.05) is 24.7 Å². The van der Waals surface area contributed by atoms with Crippen molar-refractivity contribution in [1.82, 2.24) is 9.55 Å². The topological polar surface area (TPSA) is 31.0 Å². The summed E-state index contributed by atoms with van der Waals surface area (Å²) in [6.45, 7) is 2.01. The summed E-state index contributed by atoms with van der Waals surface area (Å²) in [5.41, 5.74) is 2.94. The van der Waals surface area contributed by atoms with E-state index in [0.29, 0.717) is 0 Å². The molecule has 0 atom stereocenters. The van der Waals surface area contributed by atoms with E-state index >= 15 is 0 Å². The molecule has 0 unspecified atom stereocenters. The molecule has 0 aliphatic heterocycles. The minimum absolute atomic E-state index is 0.891. The lowest BCUT2D eigenvalue weighted by Gasteiger charge is -1.83. The van der Waals surface area contributed by atoms with Crippen LogP contribution in [-0.2, 0) is 7.05 Å². The Morgan fingerprint density at radius 3 is 3.10 bits per heavy atom. The quantitative estimate of drug-likeness (QED) is 0.549. The SMILES string of the molecule is Cc1cn(C)c2ncoc12. The van der Waals surface area contributed by atoms with Crippen molar-refractivity contribution in [3.63, 3.8) is 0 Å². The van der Waals surface area contributed by atoms with Gasteiger partial charge in [-0.25, -0.2) is 0 Å². The second-order valence-corrected chi connectivity index (χ2v) is 2.43. The van der Waals surface area contributed by atoms with Gasteiger partial charge in [-0.1, -0.05) is 0 Å². The van der Waals surface area contributed by atoms with Gasteiger partial charge in [0.15, 0.2) is 17.6 Å². The van der Waals surface area contributed by atoms with Crippen molar-refractivity contribution in [3.8, 4) is 0 Å². The fourth-order valence-corrected chi connectivity index (χ4v) is 1.17. The Morgan fingerprint density at radius 2 is 2.40 bits per heavy atom. The zero-order chi connectivity index (χ0) is 7.14. The molecule has 10 heavy (non-hydrogen) atoms. The highest BCUT2D eigenvalue weighted by atomic mass is 16.3. The second kappa shape index (κ2) is 1.62. The molecular formula is C7H8N2O. The van der Waals surface area contributed by atoms with E-state index in [0.717, 1.165) is 16.8 Å². The van der Waals surface area contributed by atoms with E-state index in [-0.39, 0.29) is 0 Å². The van der Waals surface area contributed by atoms with Crippen LogP contribution in [0.5, 0.6) is 0 Å². The molecule has 2 rings (SSSR count). The van der Waals surface area contributed by atoms with Gasteiger partial charge in [0.1, 0.15) is 0 Å². The summed E-state index contributed by atoms with van der Waals surface area (Å²) < 4.78 is 7.09. The fourth-order valence-electron chi connectivity index (χ4n) is 1.17. The number of aromatic nitrogens is 2. The molecule has 0 aliphatic carbocycles. The van der Waals surface area contributed by atoms with Crippen LogP contribution in [0.1, 0.15) is 5.56 Å². The van der Waals surface area contributed by atoms with Gasteiger partial charge in [-0.05, 0) is 6.92 Å². The maximum absolute atomic E-state index is 5.14. The molecule has 2 aromatic heterocycles. The zero-order valence-electron chi connectivity index (χ0n) is 5.96. The summed E-state index contributed by atoms with van der Waals surface area (Å²) in [6.07, 6.45) is 3.47. The van der Waals surface area contributed by atoms with Gasteiger partial charge in [0, 0.05) is 18.8 Å². The highest BCUT2D eigenvalue weighted by Gasteiger charge is 2.05. The first-order valence-electron chi connectivity index (χ1n) is 3.14. The molecule has 2 heterocycles. The van der Waals surface area contributed by atoms with Crippen LogP contribution in [0.4, 0.5) is 0 Å². The lowest BCUT2D eigenvalue weighted by molar-refractivity contribution is 0.600. The van der Waals surface area contributed by atoms with Crippen LogP contribution < -0.4 is 0 Å². The van der Waals surface area contributed by atoms with Gasteiger partial charge < -0.3 is 8.98 Å². The Balaban J connectivity index is 2.98. The molecule has 0 N–H and O–H groups in total. The molecule has 0 aromatic carbocycles. The smallest absolute Gasteiger partial charge is 0.183 e. The first-order chi connectivity index (χ1) is 4.79. The van der Waals surface area contributed by atoms with Gasteiger partial charge in [0.05, 0.1) is 0 Å². The lowest BCUT2D eigenvalue weighted by Crippen LogP contribution is -1.82. The first-order valence-corrected chi connectivity index (χ1v) is 3.14. The average molecular weight is 136 g/mol. The van der Waals surface area contributed by atoms with E-state index in [4.69, 9.17) is 4.42 Å². The average Bonchev–Trinajstić information content (AvgIpc) is 2.39. The molecular weight excluding hydrogens is 128 g/mol. The minimum atomic E-state index is 0.891. The fraction of sp³-hybridized carbons (Fsp3) is 0.286. The monoisotopic (exact) mass is 136 g/mol. The standard InChI is InChI=1S/C7H8N2O/c1-5-3-9(2)7-6(5)10-4-8-7/h3-4H,1-2H3. The van der Waals surface area contributed by atoms with Crippen LogP contribution in [0.15, 0.2) is 17.0 Å². The van der Waals surface area contributed by atoms with Crippen LogP contribution in [-0.4, -0.2) is 9.55 Å². The number of hydrogen-bond donors (Lipinski definition) is 0. The Morgan fingerprint density at radius 1 is 1.60 bits per heavy atom. The molecule has 0 bridgehead atoms. The van der Waals surface area contributed by atoms with Crippen molar-refractivity contribution in [2.24, 2.45) is 7.05 Å². The molecule has 0 radical (unpaired) electrons. The van der Waals surface area contributed by atoms with E-state index in [1.165, 1.54) is 6.39 Å². The molecule has 0 fully saturated rings. The highest BCUT2D eigenvalue weighted by Crippen LogP contribution is 2.17. The second-order valence-electron chi connectivity index (χ2n) is 2.43. The largest absolute Gasteiger partial charge is 0.441 e. The van der Waals surface area contributed by atoms with Crippen molar-refractivity contribution in [3.05, 3.63) is 18.2 Å². The molecule has 0 amide bonds. The van der Waals surface area contributed by atoms with E-state index < -0.39 is 0 Å². The third-order valence-electron chi connectivity index (χ3n) is 1.63. The summed E-state index contributed by atoms with van der Waals surface area (Å²) in [7, 11) is 1.96. The lowest BCUT2D eigenvalue weighted by atomic mass is 10.4. The number of oxazole rings is 1. The van der Waals surface area contributed by atoms with Crippen molar-refractivity contribution in [2.75, 3.05) is 0 Å². The van der Waals surface area contributed by atoms with E-state index in [1.54, 1.807) is 0 Å². The zero-order valence-corrected chi connectivity index (χ0v) is 5.96. The first kappa shape index (κ1) is 5.53. The Labute approximate surface area is 58.3 Å². The van der Waals surface area contributed by atoms with Gasteiger partial charge in [0.2, 0.25) is 0 Å². The Bertz CT molecular complexity index is 327. The summed E-state index contributed by atoms with van der Waals surface area (Å²) in [6, 6.07) is 0. The van der Waals surface area contributed by atoms with Crippen LogP contribution in [0, 0.1) is 6.92 Å². The van der Waals surface area contributed by atoms with Gasteiger partial charge in [-0.15, -0.1) is 0 Å². The summed E-state index contributed by atoms with van der Waals surface area (Å²) in [5, 5.41) is 0. The van der Waals surface area contributed by atoms with Gasteiger partial charge in [-0.3, -0.25) is 0 Å². The number of rotatable bonds is 0. The van der Waals surface area contributed by atoms with Crippen LogP contribution in [0.25, 0.3) is 11.2 Å². The van der Waals surface area contributed by atoms with Crippen molar-refractivity contribution >= 4 is 11.2 Å². The maximum atomic E-state index is 5.14. The number of nitrogens with zero attached hydrogens (tertiary/aromatic N) is 2. The van der Waals surface area contributed by atoms with Crippen molar-refractivity contribution in [2.45, 2.75) is 6.92 Å². The third-order valence-corrected chi connectivity index (χ3v) is 1.63. The normalized spacial score (nSPS) is 11.0. The minimum Gasteiger partial charge on any atom is -0.441 e. The summed E-state index contributed by atoms with van der Waals surface area (Å²) in [5.74, 6) is 0. The molecule has 2 aromatic rings. The molecule has 3 heteroatoms. The Kier molecular flexibility index (Phi) is 0.897. The van der Waals surface area contributed by atoms with Crippen LogP contribution in [0.3, 0.4) is 0 Å².